The Balaban J connectivity index is 1.09. The molecule has 2 unspecified atom stereocenters. The molecular weight excluding hydrogens is 919 g/mol. The molecule has 2 heterocycles. The molecule has 0 bridgehead atoms. The summed E-state index contributed by atoms with van der Waals surface area (Å²) < 4.78 is 87.5. The summed E-state index contributed by atoms with van der Waals surface area (Å²) in [4.78, 5) is 10.7. The van der Waals surface area contributed by atoms with Crippen LogP contribution < -0.4 is 26.5 Å². The zero-order valence-corrected chi connectivity index (χ0v) is 39.1. The van der Waals surface area contributed by atoms with E-state index in [4.69, 9.17) is 9.97 Å². The van der Waals surface area contributed by atoms with Crippen molar-refractivity contribution in [3.63, 3.8) is 0 Å². The van der Waals surface area contributed by atoms with Gasteiger partial charge in [-0.05, 0) is 113 Å². The molecule has 1 aliphatic rings. The Kier molecular flexibility index (Phi) is 11.7. The first kappa shape index (κ1) is 44.7. The van der Waals surface area contributed by atoms with Gasteiger partial charge in [-0.15, -0.1) is 0 Å². The molecular formula is C60H40F4N2O2P2. The maximum Gasteiger partial charge on any atom is 0.171 e. The molecule has 0 radical (unpaired) electrons. The van der Waals surface area contributed by atoms with Gasteiger partial charge in [-0.25, -0.2) is 27.5 Å². The minimum absolute atomic E-state index is 0.0957. The van der Waals surface area contributed by atoms with Crippen molar-refractivity contribution in [2.45, 2.75) is 12.6 Å². The summed E-state index contributed by atoms with van der Waals surface area (Å²) in [6.07, 6.45) is 3.60. The normalized spacial score (nSPS) is 14.6. The van der Waals surface area contributed by atoms with E-state index in [1.54, 1.807) is 12.2 Å². The van der Waals surface area contributed by atoms with Crippen LogP contribution in [0.4, 0.5) is 17.6 Å². The van der Waals surface area contributed by atoms with E-state index in [1.807, 2.05) is 133 Å². The average Bonchev–Trinajstić information content (AvgIpc) is 3.41. The molecule has 340 valence electrons. The average molecular weight is 959 g/mol. The largest absolute Gasteiger partial charge is 0.309 e. The molecule has 4 nitrogen and oxygen atoms in total. The first-order valence-electron chi connectivity index (χ1n) is 22.7. The van der Waals surface area contributed by atoms with E-state index in [2.05, 4.69) is 0 Å². The highest BCUT2D eigenvalue weighted by Gasteiger charge is 2.33. The summed E-state index contributed by atoms with van der Waals surface area (Å²) in [5.74, 6) is -1.36. The van der Waals surface area contributed by atoms with Gasteiger partial charge in [0.25, 0.3) is 0 Å². The highest BCUT2D eigenvalue weighted by Crippen LogP contribution is 2.54. The van der Waals surface area contributed by atoms with Crippen LogP contribution in [-0.2, 0) is 9.13 Å². The quantitative estimate of drug-likeness (QED) is 0.0778. The standard InChI is InChI=1S/C60H40F4N2O2P2/c61-43-15-27-49(28-16-43)69(67,50-29-17-44(62)18-30-50)47-23-11-39(12-24-47)55-37-57(41-7-3-1-4-8-41)65-59-53(55)35-36-54-56(38-58(66-60(54)59)42-9-5-2-6-10-42)40-13-25-48(26-14-40)70(68,51-31-19-45(63)20-32-51)52-33-21-46(64)22-34-52/h1-21,23-38,46H,22H2. The van der Waals surface area contributed by atoms with Gasteiger partial charge in [0.15, 0.2) is 14.3 Å². The van der Waals surface area contributed by atoms with Crippen LogP contribution >= 0.6 is 14.3 Å². The minimum Gasteiger partial charge on any atom is -0.309 e. The second kappa shape index (κ2) is 18.3. The topological polar surface area (TPSA) is 59.9 Å². The van der Waals surface area contributed by atoms with Gasteiger partial charge in [0.05, 0.1) is 22.4 Å². The van der Waals surface area contributed by atoms with Crippen LogP contribution in [0.5, 0.6) is 0 Å². The molecule has 0 amide bonds. The summed E-state index contributed by atoms with van der Waals surface area (Å²) in [6.45, 7) is 0. The van der Waals surface area contributed by atoms with Crippen LogP contribution in [0.2, 0.25) is 0 Å². The monoisotopic (exact) mass is 958 g/mol. The number of benzene rings is 8. The highest BCUT2D eigenvalue weighted by atomic mass is 31.2. The smallest absolute Gasteiger partial charge is 0.171 e. The maximum atomic E-state index is 15.3. The van der Waals surface area contributed by atoms with Crippen LogP contribution in [0.25, 0.3) is 66.6 Å². The van der Waals surface area contributed by atoms with E-state index in [9.17, 15) is 17.6 Å². The summed E-state index contributed by atoms with van der Waals surface area (Å²) in [5, 5.41) is 4.46. The number of rotatable bonds is 10. The van der Waals surface area contributed by atoms with Crippen molar-refractivity contribution >= 4 is 62.6 Å². The van der Waals surface area contributed by atoms with Gasteiger partial charge in [-0.3, -0.25) is 0 Å². The van der Waals surface area contributed by atoms with Crippen LogP contribution in [0, 0.1) is 17.5 Å². The number of halogens is 4. The van der Waals surface area contributed by atoms with E-state index >= 15 is 9.13 Å². The molecule has 0 saturated carbocycles. The molecule has 10 aromatic rings. The van der Waals surface area contributed by atoms with Gasteiger partial charge in [-0.2, -0.15) is 0 Å². The van der Waals surface area contributed by atoms with Crippen molar-refractivity contribution < 1.29 is 26.7 Å². The first-order chi connectivity index (χ1) is 34.1. The Labute approximate surface area is 402 Å². The molecule has 8 aromatic carbocycles. The van der Waals surface area contributed by atoms with Crippen LogP contribution in [0.3, 0.4) is 0 Å². The molecule has 0 N–H and O–H groups in total. The lowest BCUT2D eigenvalue weighted by Gasteiger charge is -2.23. The summed E-state index contributed by atoms with van der Waals surface area (Å²) in [7, 11) is -7.12. The SMILES string of the molecule is O=P(C1=CCC(F)C=C1)(c1ccc(F)cc1)c1ccc(-c2cc(-c3ccccc3)nc3c2ccc2c(-c4ccc(P(=O)(c5ccc(F)cc5)c5ccc(F)cc5)cc4)cc(-c4ccccc4)nc23)cc1. The predicted molar refractivity (Wildman–Crippen MR) is 278 cm³/mol. The van der Waals surface area contributed by atoms with E-state index < -0.39 is 37.9 Å². The third kappa shape index (κ3) is 8.13. The lowest BCUT2D eigenvalue weighted by molar-refractivity contribution is 0.401. The molecule has 0 aliphatic heterocycles. The molecule has 1 aliphatic carbocycles. The Morgan fingerprint density at radius 1 is 0.414 bits per heavy atom. The predicted octanol–water partition coefficient (Wildman–Crippen LogP) is 14.0. The summed E-state index contributed by atoms with van der Waals surface area (Å²) >= 11 is 0. The maximum absolute atomic E-state index is 15.3. The van der Waals surface area contributed by atoms with Crippen molar-refractivity contribution in [1.29, 1.82) is 0 Å². The van der Waals surface area contributed by atoms with Crippen molar-refractivity contribution in [3.05, 3.63) is 247 Å². The lowest BCUT2D eigenvalue weighted by Crippen LogP contribution is -2.25. The Morgan fingerprint density at radius 3 is 1.13 bits per heavy atom. The fourth-order valence-electron chi connectivity index (χ4n) is 9.33. The van der Waals surface area contributed by atoms with E-state index in [1.165, 1.54) is 78.9 Å². The molecule has 0 fully saturated rings. The highest BCUT2D eigenvalue weighted by molar-refractivity contribution is 7.85. The molecule has 10 heteroatoms. The number of fused-ring (bicyclic) bond motifs is 3. The van der Waals surface area contributed by atoms with Crippen molar-refractivity contribution in [1.82, 2.24) is 9.97 Å². The van der Waals surface area contributed by atoms with Gasteiger partial charge in [0.1, 0.15) is 23.6 Å². The lowest BCUT2D eigenvalue weighted by atomic mass is 9.94. The Morgan fingerprint density at radius 2 is 0.771 bits per heavy atom. The van der Waals surface area contributed by atoms with E-state index in [-0.39, 0.29) is 6.42 Å². The summed E-state index contributed by atoms with van der Waals surface area (Å²) in [6, 6.07) is 59.8. The second-order valence-electron chi connectivity index (χ2n) is 17.2. The number of nitrogens with zero attached hydrogens (tertiary/aromatic N) is 2. The number of alkyl halides is 1. The zero-order chi connectivity index (χ0) is 48.0. The molecule has 2 atom stereocenters. The Bertz CT molecular complexity index is 3710. The van der Waals surface area contributed by atoms with Gasteiger partial charge in [0.2, 0.25) is 0 Å². The van der Waals surface area contributed by atoms with Gasteiger partial charge in [0, 0.05) is 60.2 Å². The van der Waals surface area contributed by atoms with Crippen LogP contribution in [-0.4, -0.2) is 16.1 Å². The molecule has 2 aromatic heterocycles. The number of hydrogen-bond acceptors (Lipinski definition) is 4. The van der Waals surface area contributed by atoms with Gasteiger partial charge in [-0.1, -0.05) is 133 Å². The molecule has 70 heavy (non-hydrogen) atoms. The summed E-state index contributed by atoms with van der Waals surface area (Å²) in [5.41, 5.74) is 7.89. The van der Waals surface area contributed by atoms with E-state index in [0.717, 1.165) is 44.2 Å². The number of aromatic nitrogens is 2. The molecule has 11 rings (SSSR count). The third-order valence-electron chi connectivity index (χ3n) is 12.9. The first-order valence-corrected chi connectivity index (χ1v) is 26.1. The van der Waals surface area contributed by atoms with Crippen molar-refractivity contribution in [2.75, 3.05) is 0 Å². The number of hydrogen-bond donors (Lipinski definition) is 0. The van der Waals surface area contributed by atoms with Gasteiger partial charge >= 0.3 is 0 Å². The third-order valence-corrected chi connectivity index (χ3v) is 19.1. The van der Waals surface area contributed by atoms with Crippen LogP contribution in [0.1, 0.15) is 6.42 Å². The zero-order valence-electron chi connectivity index (χ0n) is 37.3. The van der Waals surface area contributed by atoms with Gasteiger partial charge < -0.3 is 9.13 Å². The fraction of sp³-hybridized carbons (Fsp3) is 0.0333. The molecule has 0 spiro atoms. The van der Waals surface area contributed by atoms with Crippen molar-refractivity contribution in [3.8, 4) is 44.8 Å². The molecule has 0 saturated heterocycles. The Hall–Kier alpha value is -7.76. The van der Waals surface area contributed by atoms with Crippen LogP contribution in [0.15, 0.2) is 230 Å². The number of allylic oxidation sites excluding steroid dienone is 4. The second-order valence-corrected chi connectivity index (χ2v) is 22.7. The fourth-order valence-corrected chi connectivity index (χ4v) is 14.6. The minimum atomic E-state index is -3.58. The number of pyridine rings is 2. The van der Waals surface area contributed by atoms with Crippen molar-refractivity contribution in [2.24, 2.45) is 0 Å². The van der Waals surface area contributed by atoms with E-state index in [0.29, 0.717) is 54.3 Å².